The van der Waals surface area contributed by atoms with Gasteiger partial charge in [-0.25, -0.2) is 0 Å². The van der Waals surface area contributed by atoms with Gasteiger partial charge < -0.3 is 9.47 Å². The van der Waals surface area contributed by atoms with Gasteiger partial charge in [0.1, 0.15) is 5.75 Å². The van der Waals surface area contributed by atoms with E-state index in [1.807, 2.05) is 24.3 Å². The maximum atomic E-state index is 12.1. The zero-order valence-electron chi connectivity index (χ0n) is 11.4. The predicted molar refractivity (Wildman–Crippen MR) is 81.6 cm³/mol. The summed E-state index contributed by atoms with van der Waals surface area (Å²) < 4.78 is 10.7. The quantitative estimate of drug-likeness (QED) is 0.776. The van der Waals surface area contributed by atoms with E-state index in [1.165, 1.54) is 0 Å². The summed E-state index contributed by atoms with van der Waals surface area (Å²) in [5.41, 5.74) is 2.41. The summed E-state index contributed by atoms with van der Waals surface area (Å²) in [6, 6.07) is 7.55. The minimum absolute atomic E-state index is 0.0250. The van der Waals surface area contributed by atoms with Crippen LogP contribution in [0.4, 0.5) is 0 Å². The van der Waals surface area contributed by atoms with Crippen LogP contribution in [0, 0.1) is 0 Å². The van der Waals surface area contributed by atoms with Crippen LogP contribution >= 0.6 is 15.9 Å². The molecule has 0 radical (unpaired) electrons. The minimum Gasteiger partial charge on any atom is -0.497 e. The molecule has 1 aliphatic rings. The first-order valence-corrected chi connectivity index (χ1v) is 7.36. The van der Waals surface area contributed by atoms with Crippen LogP contribution in [0.2, 0.25) is 0 Å². The van der Waals surface area contributed by atoms with E-state index in [9.17, 15) is 4.79 Å². The van der Waals surface area contributed by atoms with Gasteiger partial charge in [-0.15, -0.1) is 0 Å². The van der Waals surface area contributed by atoms with E-state index < -0.39 is 6.10 Å². The molecular weight excluding hydrogens is 322 g/mol. The van der Waals surface area contributed by atoms with E-state index in [4.69, 9.17) is 9.47 Å². The number of rotatable bonds is 5. The number of carbonyl (C=O) groups is 1. The van der Waals surface area contributed by atoms with Crippen molar-refractivity contribution in [3.05, 3.63) is 41.1 Å². The van der Waals surface area contributed by atoms with Gasteiger partial charge in [-0.05, 0) is 24.6 Å². The van der Waals surface area contributed by atoms with Crippen molar-refractivity contribution >= 4 is 27.9 Å². The summed E-state index contributed by atoms with van der Waals surface area (Å²) in [5, 5.41) is 0.576. The van der Waals surface area contributed by atoms with Crippen LogP contribution in [0.5, 0.6) is 5.75 Å². The molecule has 1 heterocycles. The lowest BCUT2D eigenvalue weighted by molar-refractivity contribution is -0.123. The number of hydrogen-bond acceptors (Lipinski definition) is 4. The molecule has 106 valence electrons. The molecule has 0 fully saturated rings. The summed E-state index contributed by atoms with van der Waals surface area (Å²) in [6.07, 6.45) is 0.968. The van der Waals surface area contributed by atoms with Gasteiger partial charge in [-0.1, -0.05) is 28.1 Å². The van der Waals surface area contributed by atoms with Crippen LogP contribution in [0.3, 0.4) is 0 Å². The van der Waals surface area contributed by atoms with Crippen molar-refractivity contribution < 1.29 is 14.3 Å². The molecular formula is C15H16BrNO3. The van der Waals surface area contributed by atoms with Gasteiger partial charge in [0.2, 0.25) is 0 Å². The first-order valence-electron chi connectivity index (χ1n) is 6.24. The highest BCUT2D eigenvalue weighted by Crippen LogP contribution is 2.18. The highest BCUT2D eigenvalue weighted by Gasteiger charge is 2.24. The van der Waals surface area contributed by atoms with E-state index in [0.717, 1.165) is 17.0 Å². The van der Waals surface area contributed by atoms with Crippen LogP contribution < -0.4 is 4.74 Å². The highest BCUT2D eigenvalue weighted by atomic mass is 79.9. The molecule has 1 atom stereocenters. The number of allylic oxidation sites excluding steroid dienone is 1. The SMILES string of the molecule is COc1ccc(COC2C=NC(CBr)=C(C)C2=O)cc1. The molecule has 0 amide bonds. The van der Waals surface area contributed by atoms with Gasteiger partial charge in [0, 0.05) is 17.1 Å². The molecule has 1 aromatic carbocycles. The van der Waals surface area contributed by atoms with Gasteiger partial charge in [0.25, 0.3) is 0 Å². The van der Waals surface area contributed by atoms with Gasteiger partial charge in [0.15, 0.2) is 11.9 Å². The first-order chi connectivity index (χ1) is 9.65. The largest absolute Gasteiger partial charge is 0.497 e. The smallest absolute Gasteiger partial charge is 0.194 e. The Kier molecular flexibility index (Phi) is 5.09. The van der Waals surface area contributed by atoms with Crippen LogP contribution in [0.1, 0.15) is 12.5 Å². The maximum absolute atomic E-state index is 12.1. The first kappa shape index (κ1) is 14.9. The Hall–Kier alpha value is -1.46. The van der Waals surface area contributed by atoms with E-state index >= 15 is 0 Å². The number of ether oxygens (including phenoxy) is 2. The van der Waals surface area contributed by atoms with Crippen molar-refractivity contribution in [2.75, 3.05) is 12.4 Å². The fourth-order valence-electron chi connectivity index (χ4n) is 1.84. The standard InChI is InChI=1S/C15H16BrNO3/c1-10-13(7-16)17-8-14(15(10)18)20-9-11-3-5-12(19-2)6-4-11/h3-6,8,14H,7,9H2,1-2H3. The number of hydrogen-bond donors (Lipinski definition) is 0. The molecule has 0 spiro atoms. The molecule has 0 saturated carbocycles. The predicted octanol–water partition coefficient (Wildman–Crippen LogP) is 2.90. The number of methoxy groups -OCH3 is 1. The Morgan fingerprint density at radius 2 is 2.00 bits per heavy atom. The number of aliphatic imine (C=N–C) groups is 1. The average molecular weight is 338 g/mol. The lowest BCUT2D eigenvalue weighted by Crippen LogP contribution is -2.30. The third kappa shape index (κ3) is 3.35. The molecule has 1 aromatic rings. The Bertz CT molecular complexity index is 549. The van der Waals surface area contributed by atoms with Crippen LogP contribution in [-0.2, 0) is 16.1 Å². The highest BCUT2D eigenvalue weighted by molar-refractivity contribution is 9.09. The summed E-state index contributed by atoms with van der Waals surface area (Å²) in [7, 11) is 1.62. The Balaban J connectivity index is 1.96. The molecule has 0 saturated heterocycles. The van der Waals surface area contributed by atoms with Gasteiger partial charge in [0.05, 0.1) is 19.4 Å². The van der Waals surface area contributed by atoms with Crippen molar-refractivity contribution in [1.29, 1.82) is 0 Å². The summed E-state index contributed by atoms with van der Waals surface area (Å²) >= 11 is 3.31. The molecule has 0 aliphatic carbocycles. The minimum atomic E-state index is -0.597. The van der Waals surface area contributed by atoms with Gasteiger partial charge in [-0.3, -0.25) is 9.79 Å². The second-order valence-corrected chi connectivity index (χ2v) is 4.99. The number of nitrogens with zero attached hydrogens (tertiary/aromatic N) is 1. The monoisotopic (exact) mass is 337 g/mol. The zero-order valence-corrected chi connectivity index (χ0v) is 13.0. The molecule has 2 rings (SSSR count). The van der Waals surface area contributed by atoms with Crippen molar-refractivity contribution in [2.24, 2.45) is 4.99 Å². The topological polar surface area (TPSA) is 47.9 Å². The van der Waals surface area contributed by atoms with Crippen molar-refractivity contribution in [2.45, 2.75) is 19.6 Å². The van der Waals surface area contributed by atoms with Crippen LogP contribution in [0.15, 0.2) is 40.5 Å². The number of carbonyl (C=O) groups excluding carboxylic acids is 1. The molecule has 0 aromatic heterocycles. The lowest BCUT2D eigenvalue weighted by atomic mass is 10.0. The number of alkyl halides is 1. The summed E-state index contributed by atoms with van der Waals surface area (Å²) in [4.78, 5) is 16.3. The fourth-order valence-corrected chi connectivity index (χ4v) is 2.40. The van der Waals surface area contributed by atoms with Crippen LogP contribution in [-0.4, -0.2) is 30.5 Å². The second kappa shape index (κ2) is 6.81. The maximum Gasteiger partial charge on any atom is 0.194 e. The number of benzene rings is 1. The van der Waals surface area contributed by atoms with E-state index in [-0.39, 0.29) is 5.78 Å². The Morgan fingerprint density at radius 1 is 1.30 bits per heavy atom. The Labute approximate surface area is 126 Å². The summed E-state index contributed by atoms with van der Waals surface area (Å²) in [6.45, 7) is 2.14. The molecule has 0 N–H and O–H groups in total. The lowest BCUT2D eigenvalue weighted by Gasteiger charge is -2.18. The van der Waals surface area contributed by atoms with Gasteiger partial charge >= 0.3 is 0 Å². The number of ketones is 1. The molecule has 5 heteroatoms. The fraction of sp³-hybridized carbons (Fsp3) is 0.333. The van der Waals surface area contributed by atoms with E-state index in [0.29, 0.717) is 17.5 Å². The zero-order chi connectivity index (χ0) is 14.5. The second-order valence-electron chi connectivity index (χ2n) is 4.43. The summed E-state index contributed by atoms with van der Waals surface area (Å²) in [5.74, 6) is 0.771. The third-order valence-corrected chi connectivity index (χ3v) is 3.67. The normalized spacial score (nSPS) is 18.6. The third-order valence-electron chi connectivity index (χ3n) is 3.14. The Morgan fingerprint density at radius 3 is 2.60 bits per heavy atom. The van der Waals surface area contributed by atoms with Crippen molar-refractivity contribution in [3.8, 4) is 5.75 Å². The van der Waals surface area contributed by atoms with Crippen LogP contribution in [0.25, 0.3) is 0 Å². The molecule has 1 aliphatic heterocycles. The van der Waals surface area contributed by atoms with E-state index in [2.05, 4.69) is 20.9 Å². The van der Waals surface area contributed by atoms with Crippen molar-refractivity contribution in [1.82, 2.24) is 0 Å². The molecule has 1 unspecified atom stereocenters. The number of Topliss-reactive ketones (excluding diaryl/α,β-unsaturated/α-hetero) is 1. The average Bonchev–Trinajstić information content (AvgIpc) is 2.49. The number of halogens is 1. The van der Waals surface area contributed by atoms with E-state index in [1.54, 1.807) is 20.2 Å². The molecule has 20 heavy (non-hydrogen) atoms. The van der Waals surface area contributed by atoms with Crippen molar-refractivity contribution in [3.63, 3.8) is 0 Å². The molecule has 0 bridgehead atoms. The molecule has 4 nitrogen and oxygen atoms in total. The van der Waals surface area contributed by atoms with Gasteiger partial charge in [-0.2, -0.15) is 0 Å².